The fourth-order valence-corrected chi connectivity index (χ4v) is 3.68. The third kappa shape index (κ3) is 5.38. The van der Waals surface area contributed by atoms with Crippen LogP contribution in [0, 0.1) is 24.3 Å². The van der Waals surface area contributed by atoms with Crippen LogP contribution in [0.2, 0.25) is 0 Å². The van der Waals surface area contributed by atoms with Crippen molar-refractivity contribution in [2.24, 2.45) is 0 Å². The number of ether oxygens (including phenoxy) is 1. The van der Waals surface area contributed by atoms with Crippen LogP contribution >= 0.6 is 34.4 Å². The Kier molecular flexibility index (Phi) is 7.20. The highest BCUT2D eigenvalue weighted by molar-refractivity contribution is 14.1. The highest BCUT2D eigenvalue weighted by atomic mass is 127. The van der Waals surface area contributed by atoms with E-state index >= 15 is 0 Å². The van der Waals surface area contributed by atoms with E-state index in [2.05, 4.69) is 92.6 Å². The van der Waals surface area contributed by atoms with E-state index < -0.39 is 0 Å². The molecule has 0 heterocycles. The van der Waals surface area contributed by atoms with Crippen LogP contribution in [0.15, 0.2) is 47.9 Å². The van der Waals surface area contributed by atoms with Crippen LogP contribution in [0.3, 0.4) is 0 Å². The summed E-state index contributed by atoms with van der Waals surface area (Å²) in [5.74, 6) is 0.959. The van der Waals surface area contributed by atoms with Gasteiger partial charge in [0.15, 0.2) is 0 Å². The second-order valence-corrected chi connectivity index (χ2v) is 8.52. The lowest BCUT2D eigenvalue weighted by atomic mass is 10.0. The molecule has 0 aromatic heterocycles. The summed E-state index contributed by atoms with van der Waals surface area (Å²) < 4.78 is 6.78. The van der Waals surface area contributed by atoms with E-state index in [1.807, 2.05) is 0 Å². The maximum absolute atomic E-state index is 5.54. The number of hydrogen-bond acceptors (Lipinski definition) is 2. The summed E-state index contributed by atoms with van der Waals surface area (Å²) in [6.07, 6.45) is 0.883. The minimum Gasteiger partial charge on any atom is -0.496 e. The van der Waals surface area contributed by atoms with E-state index in [4.69, 9.17) is 4.74 Å². The van der Waals surface area contributed by atoms with Crippen molar-refractivity contribution < 1.29 is 4.74 Å². The highest BCUT2D eigenvalue weighted by Gasteiger charge is 2.08. The predicted octanol–water partition coefficient (Wildman–Crippen LogP) is 7.08. The van der Waals surface area contributed by atoms with Crippen LogP contribution in [-0.2, 0) is 6.42 Å². The van der Waals surface area contributed by atoms with Crippen molar-refractivity contribution in [3.63, 3.8) is 0 Å². The molecule has 0 atom stereocenters. The lowest BCUT2D eigenvalue weighted by molar-refractivity contribution is 0.410. The van der Waals surface area contributed by atoms with Gasteiger partial charge in [-0.1, -0.05) is 48.2 Å². The molecule has 0 bridgehead atoms. The van der Waals surface area contributed by atoms with E-state index in [0.717, 1.165) is 17.1 Å². The van der Waals surface area contributed by atoms with Gasteiger partial charge in [-0.2, -0.15) is 0 Å². The number of hydrogen-bond donors (Lipinski definition) is 0. The van der Waals surface area contributed by atoms with Crippen LogP contribution in [0.1, 0.15) is 34.7 Å². The summed E-state index contributed by atoms with van der Waals surface area (Å²) in [5, 5.41) is 2.20. The molecule has 0 saturated heterocycles. The number of allylic oxidation sites excluding steroid dienone is 1. The van der Waals surface area contributed by atoms with Crippen molar-refractivity contribution in [2.45, 2.75) is 34.1 Å². The Balaban J connectivity index is 2.10. The summed E-state index contributed by atoms with van der Waals surface area (Å²) in [6, 6.07) is 10.8. The van der Waals surface area contributed by atoms with Crippen LogP contribution < -0.4 is 4.74 Å². The molecule has 0 saturated carbocycles. The molecular weight excluding hydrogens is 439 g/mol. The minimum absolute atomic E-state index is 0.883. The SMILES string of the molecule is C=C(S/C=C(\C)Cc1cc(C)c(I)cc1OC)c1ccc(C)c(C)c1. The van der Waals surface area contributed by atoms with Gasteiger partial charge in [0.2, 0.25) is 0 Å². The molecule has 0 N–H and O–H groups in total. The molecule has 25 heavy (non-hydrogen) atoms. The van der Waals surface area contributed by atoms with E-state index in [-0.39, 0.29) is 0 Å². The minimum atomic E-state index is 0.883. The first-order valence-corrected chi connectivity index (χ1v) is 10.2. The standard InChI is InChI=1S/C22H25IOS/c1-14(9-20-11-17(4)21(23)12-22(20)24-6)13-25-18(5)19-8-7-15(2)16(3)10-19/h7-8,10-13H,5,9H2,1-4,6H3/b14-13+. The van der Waals surface area contributed by atoms with Crippen molar-refractivity contribution >= 4 is 39.3 Å². The molecule has 0 radical (unpaired) electrons. The molecule has 0 aliphatic carbocycles. The van der Waals surface area contributed by atoms with Gasteiger partial charge in [-0.05, 0) is 96.0 Å². The Morgan fingerprint density at radius 1 is 1.12 bits per heavy atom. The Morgan fingerprint density at radius 2 is 1.84 bits per heavy atom. The summed E-state index contributed by atoms with van der Waals surface area (Å²) >= 11 is 4.04. The monoisotopic (exact) mass is 464 g/mol. The second-order valence-electron chi connectivity index (χ2n) is 6.39. The number of benzene rings is 2. The maximum atomic E-state index is 5.54. The third-order valence-corrected chi connectivity index (χ3v) is 6.46. The molecule has 2 rings (SSSR count). The zero-order chi connectivity index (χ0) is 18.6. The van der Waals surface area contributed by atoms with Gasteiger partial charge in [0, 0.05) is 8.48 Å². The summed E-state index contributed by atoms with van der Waals surface area (Å²) in [6.45, 7) is 12.8. The lowest BCUT2D eigenvalue weighted by Gasteiger charge is -2.12. The second kappa shape index (κ2) is 8.95. The first kappa shape index (κ1) is 20.1. The van der Waals surface area contributed by atoms with Gasteiger partial charge in [-0.3, -0.25) is 0 Å². The molecule has 2 aromatic rings. The smallest absolute Gasteiger partial charge is 0.123 e. The van der Waals surface area contributed by atoms with Crippen LogP contribution in [0.25, 0.3) is 4.91 Å². The van der Waals surface area contributed by atoms with Gasteiger partial charge >= 0.3 is 0 Å². The first-order chi connectivity index (χ1) is 11.8. The van der Waals surface area contributed by atoms with Crippen molar-refractivity contribution in [1.29, 1.82) is 0 Å². The molecule has 0 aliphatic heterocycles. The normalized spacial score (nSPS) is 11.5. The van der Waals surface area contributed by atoms with Crippen LogP contribution in [0.5, 0.6) is 5.75 Å². The van der Waals surface area contributed by atoms with Crippen molar-refractivity contribution in [3.05, 3.63) is 79.3 Å². The van der Waals surface area contributed by atoms with E-state index in [1.54, 1.807) is 18.9 Å². The summed E-state index contributed by atoms with van der Waals surface area (Å²) in [4.78, 5) is 1.08. The molecule has 2 aromatic carbocycles. The average molecular weight is 464 g/mol. The number of rotatable bonds is 6. The third-order valence-electron chi connectivity index (χ3n) is 4.26. The molecular formula is C22H25IOS. The average Bonchev–Trinajstić information content (AvgIpc) is 2.58. The Morgan fingerprint density at radius 3 is 2.48 bits per heavy atom. The molecule has 0 amide bonds. The molecule has 0 aliphatic rings. The van der Waals surface area contributed by atoms with E-state index in [9.17, 15) is 0 Å². The number of aryl methyl sites for hydroxylation is 3. The maximum Gasteiger partial charge on any atom is 0.123 e. The van der Waals surface area contributed by atoms with E-state index in [1.165, 1.54) is 37.0 Å². The predicted molar refractivity (Wildman–Crippen MR) is 120 cm³/mol. The number of halogens is 1. The molecule has 132 valence electrons. The van der Waals surface area contributed by atoms with Gasteiger partial charge in [-0.15, -0.1) is 0 Å². The lowest BCUT2D eigenvalue weighted by Crippen LogP contribution is -1.96. The summed E-state index contributed by atoms with van der Waals surface area (Å²) in [5.41, 5.74) is 7.63. The van der Waals surface area contributed by atoms with Gasteiger partial charge in [0.05, 0.1) is 7.11 Å². The zero-order valence-electron chi connectivity index (χ0n) is 15.6. The fourth-order valence-electron chi connectivity index (χ4n) is 2.55. The fraction of sp³-hybridized carbons (Fsp3) is 0.273. The Hall–Kier alpha value is -1.20. The first-order valence-electron chi connectivity index (χ1n) is 8.23. The van der Waals surface area contributed by atoms with Gasteiger partial charge < -0.3 is 4.74 Å². The van der Waals surface area contributed by atoms with Crippen LogP contribution in [-0.4, -0.2) is 7.11 Å². The van der Waals surface area contributed by atoms with Gasteiger partial charge in [0.25, 0.3) is 0 Å². The quantitative estimate of drug-likeness (QED) is 0.423. The van der Waals surface area contributed by atoms with Crippen molar-refractivity contribution in [3.8, 4) is 5.75 Å². The molecule has 0 unspecified atom stereocenters. The molecule has 1 nitrogen and oxygen atoms in total. The number of methoxy groups -OCH3 is 1. The van der Waals surface area contributed by atoms with Crippen LogP contribution in [0.4, 0.5) is 0 Å². The Bertz CT molecular complexity index is 821. The largest absolute Gasteiger partial charge is 0.496 e. The Labute approximate surface area is 169 Å². The molecule has 3 heteroatoms. The van der Waals surface area contributed by atoms with Crippen molar-refractivity contribution in [1.82, 2.24) is 0 Å². The highest BCUT2D eigenvalue weighted by Crippen LogP contribution is 2.31. The summed E-state index contributed by atoms with van der Waals surface area (Å²) in [7, 11) is 1.74. The zero-order valence-corrected chi connectivity index (χ0v) is 18.5. The van der Waals surface area contributed by atoms with Gasteiger partial charge in [-0.25, -0.2) is 0 Å². The molecule has 0 fully saturated rings. The van der Waals surface area contributed by atoms with Gasteiger partial charge in [0.1, 0.15) is 5.75 Å². The number of thioether (sulfide) groups is 1. The van der Waals surface area contributed by atoms with Crippen molar-refractivity contribution in [2.75, 3.05) is 7.11 Å². The molecule has 0 spiro atoms. The topological polar surface area (TPSA) is 9.23 Å². The van der Waals surface area contributed by atoms with E-state index in [0.29, 0.717) is 0 Å².